The molecule has 0 aromatic heterocycles. The van der Waals surface area contributed by atoms with E-state index in [2.05, 4.69) is 13.5 Å². The molecule has 0 rings (SSSR count). The predicted molar refractivity (Wildman–Crippen MR) is 35.5 cm³/mol. The summed E-state index contributed by atoms with van der Waals surface area (Å²) in [7, 11) is -3.95. The van der Waals surface area contributed by atoms with E-state index in [0.717, 1.165) is 6.08 Å². The van der Waals surface area contributed by atoms with Crippen LogP contribution in [0.5, 0.6) is 0 Å². The number of hydrogen-bond donors (Lipinski definition) is 1. The van der Waals surface area contributed by atoms with Gasteiger partial charge in [0.25, 0.3) is 10.1 Å². The fraction of sp³-hybridized carbons (Fsp3) is 0.400. The second-order valence-electron chi connectivity index (χ2n) is 1.58. The molecular weight excluding hydrogens is 140 g/mol. The number of rotatable bonds is 3. The van der Waals surface area contributed by atoms with Gasteiger partial charge in [-0.05, 0) is 6.42 Å². The second kappa shape index (κ2) is 2.98. The summed E-state index contributed by atoms with van der Waals surface area (Å²) >= 11 is 0. The molecule has 0 aliphatic carbocycles. The molecule has 4 heteroatoms. The van der Waals surface area contributed by atoms with E-state index in [0.29, 0.717) is 0 Å². The Labute approximate surface area is 55.1 Å². The first kappa shape index (κ1) is 8.65. The second-order valence-corrected chi connectivity index (χ2v) is 3.21. The quantitative estimate of drug-likeness (QED) is 0.473. The summed E-state index contributed by atoms with van der Waals surface area (Å²) in [5.41, 5.74) is 0. The third-order valence-corrected chi connectivity index (χ3v) is 2.12. The third kappa shape index (κ3) is 2.62. The van der Waals surface area contributed by atoms with E-state index in [9.17, 15) is 8.42 Å². The van der Waals surface area contributed by atoms with Crippen molar-refractivity contribution in [1.82, 2.24) is 0 Å². The lowest BCUT2D eigenvalue weighted by Gasteiger charge is -2.02. The Hall–Kier alpha value is -0.350. The van der Waals surface area contributed by atoms with Crippen LogP contribution in [0.25, 0.3) is 0 Å². The summed E-state index contributed by atoms with van der Waals surface area (Å²) in [6.45, 7) is 6.53. The van der Waals surface area contributed by atoms with Gasteiger partial charge in [-0.15, -0.1) is 6.58 Å². The molecule has 0 spiro atoms. The lowest BCUT2D eigenvalue weighted by molar-refractivity contribution is 0.475. The van der Waals surface area contributed by atoms with Crippen molar-refractivity contribution >= 4 is 10.1 Å². The molecule has 3 nitrogen and oxygen atoms in total. The molecule has 0 amide bonds. The molecule has 0 aromatic carbocycles. The van der Waals surface area contributed by atoms with E-state index in [-0.39, 0.29) is 6.42 Å². The van der Waals surface area contributed by atoms with Gasteiger partial charge in [0, 0.05) is 0 Å². The smallest absolute Gasteiger partial charge is 0.271 e. The van der Waals surface area contributed by atoms with Gasteiger partial charge in [-0.3, -0.25) is 4.55 Å². The molecule has 9 heavy (non-hydrogen) atoms. The van der Waals surface area contributed by atoms with Gasteiger partial charge in [-0.1, -0.05) is 13.0 Å². The molecule has 53 valence electrons. The van der Waals surface area contributed by atoms with E-state index in [4.69, 9.17) is 4.55 Å². The summed E-state index contributed by atoms with van der Waals surface area (Å²) in [4.78, 5) is 0. The van der Waals surface area contributed by atoms with Crippen molar-refractivity contribution in [3.8, 4) is 0 Å². The fourth-order valence-electron chi connectivity index (χ4n) is 0.388. The van der Waals surface area contributed by atoms with Crippen molar-refractivity contribution in [1.29, 1.82) is 0 Å². The van der Waals surface area contributed by atoms with Crippen molar-refractivity contribution < 1.29 is 13.0 Å². The molecule has 1 atom stereocenters. The highest BCUT2D eigenvalue weighted by Gasteiger charge is 2.15. The van der Waals surface area contributed by atoms with E-state index in [1.807, 2.05) is 0 Å². The number of hydrogen-bond acceptors (Lipinski definition) is 2. The molecule has 0 saturated heterocycles. The Bertz CT molecular complexity index is 180. The van der Waals surface area contributed by atoms with Crippen LogP contribution in [0.4, 0.5) is 0 Å². The minimum Gasteiger partial charge on any atom is -0.285 e. The maximum atomic E-state index is 10.2. The molecule has 0 aromatic rings. The van der Waals surface area contributed by atoms with Crippen molar-refractivity contribution in [2.24, 2.45) is 0 Å². The van der Waals surface area contributed by atoms with Crippen LogP contribution in [0.1, 0.15) is 6.42 Å². The average Bonchev–Trinajstić information content (AvgIpc) is 1.65. The molecular formula is C5H9O3S. The fourth-order valence-corrected chi connectivity index (χ4v) is 0.929. The Morgan fingerprint density at radius 3 is 2.11 bits per heavy atom. The molecule has 0 aliphatic heterocycles. The van der Waals surface area contributed by atoms with Crippen LogP contribution in [0.2, 0.25) is 0 Å². The van der Waals surface area contributed by atoms with Crippen molar-refractivity contribution in [2.45, 2.75) is 11.7 Å². The summed E-state index contributed by atoms with van der Waals surface area (Å²) in [5, 5.41) is -0.919. The standard InChI is InChI=1S/C5H9O3S/c1-3-5(4-2)9(6,7)8/h3,5H,1-2,4H2,(H,6,7,8). The van der Waals surface area contributed by atoms with Crippen molar-refractivity contribution in [3.05, 3.63) is 19.6 Å². The van der Waals surface area contributed by atoms with Crippen molar-refractivity contribution in [3.63, 3.8) is 0 Å². The van der Waals surface area contributed by atoms with Gasteiger partial charge < -0.3 is 0 Å². The molecule has 0 saturated carbocycles. The van der Waals surface area contributed by atoms with E-state index in [1.54, 1.807) is 0 Å². The van der Waals surface area contributed by atoms with Gasteiger partial charge in [0.05, 0.1) is 0 Å². The van der Waals surface area contributed by atoms with Crippen molar-refractivity contribution in [2.75, 3.05) is 0 Å². The monoisotopic (exact) mass is 149 g/mol. The molecule has 1 radical (unpaired) electrons. The topological polar surface area (TPSA) is 54.4 Å². The first-order valence-electron chi connectivity index (χ1n) is 2.40. The van der Waals surface area contributed by atoms with E-state index >= 15 is 0 Å². The summed E-state index contributed by atoms with van der Waals surface area (Å²) in [6.07, 6.45) is 1.27. The maximum absolute atomic E-state index is 10.2. The molecule has 0 bridgehead atoms. The zero-order valence-corrected chi connectivity index (χ0v) is 5.76. The van der Waals surface area contributed by atoms with Gasteiger partial charge in [-0.25, -0.2) is 0 Å². The maximum Gasteiger partial charge on any atom is 0.271 e. The molecule has 0 heterocycles. The Balaban J connectivity index is 4.32. The van der Waals surface area contributed by atoms with Crippen LogP contribution in [0.15, 0.2) is 12.7 Å². The van der Waals surface area contributed by atoms with E-state index in [1.165, 1.54) is 0 Å². The minimum atomic E-state index is -3.95. The molecule has 1 N–H and O–H groups in total. The summed E-state index contributed by atoms with van der Waals surface area (Å²) < 4.78 is 28.8. The molecule has 0 fully saturated rings. The largest absolute Gasteiger partial charge is 0.285 e. The van der Waals surface area contributed by atoms with Gasteiger partial charge in [0.15, 0.2) is 0 Å². The first-order valence-corrected chi connectivity index (χ1v) is 3.90. The third-order valence-electron chi connectivity index (χ3n) is 0.930. The zero-order valence-electron chi connectivity index (χ0n) is 4.95. The van der Waals surface area contributed by atoms with Gasteiger partial charge >= 0.3 is 0 Å². The zero-order chi connectivity index (χ0) is 7.49. The highest BCUT2D eigenvalue weighted by atomic mass is 32.2. The molecule has 0 aliphatic rings. The van der Waals surface area contributed by atoms with Gasteiger partial charge in [0.1, 0.15) is 5.25 Å². The predicted octanol–water partition coefficient (Wildman–Crippen LogP) is 0.653. The van der Waals surface area contributed by atoms with Crippen LogP contribution >= 0.6 is 0 Å². The Morgan fingerprint density at radius 2 is 2.11 bits per heavy atom. The average molecular weight is 149 g/mol. The normalized spacial score (nSPS) is 14.9. The van der Waals surface area contributed by atoms with Gasteiger partial charge in [0.2, 0.25) is 0 Å². The molecule has 1 unspecified atom stereocenters. The Kier molecular flexibility index (Phi) is 2.87. The van der Waals surface area contributed by atoms with Crippen LogP contribution in [-0.4, -0.2) is 18.2 Å². The Morgan fingerprint density at radius 1 is 1.67 bits per heavy atom. The van der Waals surface area contributed by atoms with Crippen LogP contribution < -0.4 is 0 Å². The SMILES string of the molecule is [CH2]CC(C=C)S(=O)(=O)O. The minimum absolute atomic E-state index is 0.113. The lowest BCUT2D eigenvalue weighted by atomic mass is 10.3. The highest BCUT2D eigenvalue weighted by molar-refractivity contribution is 7.86. The highest BCUT2D eigenvalue weighted by Crippen LogP contribution is 2.02. The lowest BCUT2D eigenvalue weighted by Crippen LogP contribution is -2.16. The van der Waals surface area contributed by atoms with Crippen LogP contribution in [-0.2, 0) is 10.1 Å². The van der Waals surface area contributed by atoms with E-state index < -0.39 is 15.4 Å². The first-order chi connectivity index (χ1) is 4.02. The summed E-state index contributed by atoms with van der Waals surface area (Å²) in [6, 6.07) is 0. The van der Waals surface area contributed by atoms with Crippen LogP contribution in [0, 0.1) is 6.92 Å². The summed E-state index contributed by atoms with van der Waals surface area (Å²) in [5.74, 6) is 0. The van der Waals surface area contributed by atoms with Gasteiger partial charge in [-0.2, -0.15) is 8.42 Å². The van der Waals surface area contributed by atoms with Crippen LogP contribution in [0.3, 0.4) is 0 Å².